The first-order valence-corrected chi connectivity index (χ1v) is 8.01. The van der Waals surface area contributed by atoms with Crippen LogP contribution >= 0.6 is 0 Å². The second-order valence-electron chi connectivity index (χ2n) is 7.23. The van der Waals surface area contributed by atoms with E-state index in [4.69, 9.17) is 15.6 Å². The van der Waals surface area contributed by atoms with Gasteiger partial charge in [-0.1, -0.05) is 32.1 Å². The van der Waals surface area contributed by atoms with Crippen LogP contribution in [0.25, 0.3) is 0 Å². The Balaban J connectivity index is 2.83. The third-order valence-corrected chi connectivity index (χ3v) is 4.09. The number of carboxylic acids is 1. The topological polar surface area (TPSA) is 110 Å². The molecular formula is C16H29NO5. The number of carbonyl (C=O) groups is 2. The number of hydrogen-bond donors (Lipinski definition) is 3. The molecule has 0 spiro atoms. The number of hydrogen-bond acceptors (Lipinski definition) is 5. The Morgan fingerprint density at radius 1 is 1.23 bits per heavy atom. The van der Waals surface area contributed by atoms with E-state index in [0.717, 1.165) is 25.7 Å². The van der Waals surface area contributed by atoms with Crippen molar-refractivity contribution in [2.24, 2.45) is 17.6 Å². The van der Waals surface area contributed by atoms with Gasteiger partial charge in [-0.2, -0.15) is 0 Å². The van der Waals surface area contributed by atoms with E-state index in [2.05, 4.69) is 0 Å². The fourth-order valence-electron chi connectivity index (χ4n) is 2.93. The lowest BCUT2D eigenvalue weighted by atomic mass is 9.80. The summed E-state index contributed by atoms with van der Waals surface area (Å²) < 4.78 is 5.35. The van der Waals surface area contributed by atoms with Crippen LogP contribution < -0.4 is 5.73 Å². The van der Waals surface area contributed by atoms with Gasteiger partial charge < -0.3 is 20.7 Å². The smallest absolute Gasteiger partial charge is 0.323 e. The highest BCUT2D eigenvalue weighted by molar-refractivity contribution is 5.78. The quantitative estimate of drug-likeness (QED) is 0.643. The molecule has 0 aliphatic heterocycles. The van der Waals surface area contributed by atoms with Gasteiger partial charge in [-0.25, -0.2) is 0 Å². The standard InChI is InChI=1S/C16H29NO5/c1-16(2,3)22-15(21)11(13(18)12(17)14(19)20)9-10-7-5-4-6-8-10/h10-13,18H,4-9,17H2,1-3H3,(H,19,20)/t11-,12?,13-/m0/s1. The molecule has 0 aromatic heterocycles. The summed E-state index contributed by atoms with van der Waals surface area (Å²) in [6, 6.07) is -1.49. The molecule has 6 heteroatoms. The Bertz CT molecular complexity index is 384. The van der Waals surface area contributed by atoms with E-state index in [-0.39, 0.29) is 0 Å². The molecule has 0 heterocycles. The predicted molar refractivity (Wildman–Crippen MR) is 82.1 cm³/mol. The lowest BCUT2D eigenvalue weighted by Gasteiger charge is -2.31. The van der Waals surface area contributed by atoms with Gasteiger partial charge in [0.25, 0.3) is 0 Å². The number of nitrogens with two attached hydrogens (primary N) is 1. The van der Waals surface area contributed by atoms with Gasteiger partial charge in [0.05, 0.1) is 12.0 Å². The fraction of sp³-hybridized carbons (Fsp3) is 0.875. The Morgan fingerprint density at radius 2 is 1.77 bits per heavy atom. The molecule has 22 heavy (non-hydrogen) atoms. The van der Waals surface area contributed by atoms with Crippen molar-refractivity contribution in [3.8, 4) is 0 Å². The van der Waals surface area contributed by atoms with Crippen molar-refractivity contribution >= 4 is 11.9 Å². The van der Waals surface area contributed by atoms with Gasteiger partial charge >= 0.3 is 11.9 Å². The Morgan fingerprint density at radius 3 is 2.23 bits per heavy atom. The van der Waals surface area contributed by atoms with Crippen molar-refractivity contribution in [2.75, 3.05) is 0 Å². The largest absolute Gasteiger partial charge is 0.480 e. The highest BCUT2D eigenvalue weighted by Gasteiger charge is 2.38. The number of carbonyl (C=O) groups excluding carboxylic acids is 1. The summed E-state index contributed by atoms with van der Waals surface area (Å²) >= 11 is 0. The summed E-state index contributed by atoms with van der Waals surface area (Å²) in [5.41, 5.74) is 4.82. The molecule has 0 bridgehead atoms. The van der Waals surface area contributed by atoms with Gasteiger partial charge in [0, 0.05) is 0 Å². The van der Waals surface area contributed by atoms with E-state index >= 15 is 0 Å². The molecule has 1 aliphatic rings. The van der Waals surface area contributed by atoms with Gasteiger partial charge in [0.15, 0.2) is 0 Å². The average molecular weight is 315 g/mol. The number of aliphatic carboxylic acids is 1. The van der Waals surface area contributed by atoms with Gasteiger partial charge in [0.1, 0.15) is 11.6 Å². The maximum absolute atomic E-state index is 12.4. The molecule has 1 fully saturated rings. The molecule has 0 aromatic rings. The lowest BCUT2D eigenvalue weighted by molar-refractivity contribution is -0.166. The second-order valence-corrected chi connectivity index (χ2v) is 7.23. The van der Waals surface area contributed by atoms with Crippen LogP contribution in [-0.2, 0) is 14.3 Å². The molecule has 1 rings (SSSR count). The summed E-state index contributed by atoms with van der Waals surface area (Å²) in [5, 5.41) is 19.2. The van der Waals surface area contributed by atoms with Crippen LogP contribution in [0.1, 0.15) is 59.3 Å². The number of aliphatic hydroxyl groups is 1. The zero-order valence-corrected chi connectivity index (χ0v) is 13.7. The molecule has 1 saturated carbocycles. The van der Waals surface area contributed by atoms with Crippen LogP contribution in [0.2, 0.25) is 0 Å². The molecule has 1 aliphatic carbocycles. The molecule has 0 radical (unpaired) electrons. The summed E-state index contributed by atoms with van der Waals surface area (Å²) in [6.07, 6.45) is 4.37. The Kier molecular flexibility index (Phi) is 6.81. The minimum Gasteiger partial charge on any atom is -0.480 e. The first-order valence-electron chi connectivity index (χ1n) is 8.01. The molecule has 1 unspecified atom stereocenters. The van der Waals surface area contributed by atoms with Gasteiger partial charge in [-0.05, 0) is 33.1 Å². The van der Waals surface area contributed by atoms with Gasteiger partial charge in [-0.15, -0.1) is 0 Å². The number of carboxylic acid groups (broad SMARTS) is 1. The summed E-state index contributed by atoms with van der Waals surface area (Å²) in [4.78, 5) is 23.4. The fourth-order valence-corrected chi connectivity index (χ4v) is 2.93. The highest BCUT2D eigenvalue weighted by atomic mass is 16.6. The van der Waals surface area contributed by atoms with E-state index in [1.807, 2.05) is 0 Å². The minimum atomic E-state index is -1.49. The van der Waals surface area contributed by atoms with E-state index in [0.29, 0.717) is 12.3 Å². The van der Waals surface area contributed by atoms with Crippen LogP contribution in [0.4, 0.5) is 0 Å². The highest BCUT2D eigenvalue weighted by Crippen LogP contribution is 2.31. The molecule has 6 nitrogen and oxygen atoms in total. The second kappa shape index (κ2) is 7.92. The van der Waals surface area contributed by atoms with Crippen LogP contribution in [0.15, 0.2) is 0 Å². The van der Waals surface area contributed by atoms with Crippen molar-refractivity contribution in [1.82, 2.24) is 0 Å². The third kappa shape index (κ3) is 5.93. The van der Waals surface area contributed by atoms with Crippen molar-refractivity contribution in [1.29, 1.82) is 0 Å². The molecular weight excluding hydrogens is 286 g/mol. The van der Waals surface area contributed by atoms with Gasteiger partial charge in [-0.3, -0.25) is 9.59 Å². The number of ether oxygens (including phenoxy) is 1. The van der Waals surface area contributed by atoms with Crippen LogP contribution in [-0.4, -0.2) is 39.9 Å². The predicted octanol–water partition coefficient (Wildman–Crippen LogP) is 1.69. The summed E-state index contributed by atoms with van der Waals surface area (Å²) in [5.74, 6) is -2.47. The molecule has 0 saturated heterocycles. The molecule has 3 atom stereocenters. The third-order valence-electron chi connectivity index (χ3n) is 4.09. The minimum absolute atomic E-state index is 0.307. The average Bonchev–Trinajstić information content (AvgIpc) is 2.42. The summed E-state index contributed by atoms with van der Waals surface area (Å²) in [7, 11) is 0. The SMILES string of the molecule is CC(C)(C)OC(=O)[C@@H](CC1CCCCC1)[C@H](O)C(N)C(=O)O. The molecule has 128 valence electrons. The van der Waals surface area contributed by atoms with E-state index in [9.17, 15) is 14.7 Å². The first kappa shape index (κ1) is 18.9. The van der Waals surface area contributed by atoms with Crippen molar-refractivity contribution in [3.63, 3.8) is 0 Å². The maximum atomic E-state index is 12.4. The Hall–Kier alpha value is -1.14. The van der Waals surface area contributed by atoms with E-state index in [1.165, 1.54) is 6.42 Å². The normalized spacial score (nSPS) is 21.0. The maximum Gasteiger partial charge on any atom is 0.323 e. The molecule has 0 aromatic carbocycles. The molecule has 4 N–H and O–H groups in total. The summed E-state index contributed by atoms with van der Waals surface area (Å²) in [6.45, 7) is 5.23. The number of aliphatic hydroxyl groups excluding tert-OH is 1. The van der Waals surface area contributed by atoms with E-state index in [1.54, 1.807) is 20.8 Å². The van der Waals surface area contributed by atoms with Crippen molar-refractivity contribution in [2.45, 2.75) is 77.0 Å². The Labute approximate surface area is 132 Å². The number of esters is 1. The zero-order valence-electron chi connectivity index (χ0n) is 13.7. The monoisotopic (exact) mass is 315 g/mol. The lowest BCUT2D eigenvalue weighted by Crippen LogP contribution is -2.49. The van der Waals surface area contributed by atoms with Crippen molar-refractivity contribution < 1.29 is 24.5 Å². The van der Waals surface area contributed by atoms with Gasteiger partial charge in [0.2, 0.25) is 0 Å². The van der Waals surface area contributed by atoms with E-state index < -0.39 is 35.6 Å². The van der Waals surface area contributed by atoms with Crippen LogP contribution in [0.5, 0.6) is 0 Å². The zero-order chi connectivity index (χ0) is 16.9. The van der Waals surface area contributed by atoms with Crippen molar-refractivity contribution in [3.05, 3.63) is 0 Å². The van der Waals surface area contributed by atoms with Crippen LogP contribution in [0, 0.1) is 11.8 Å². The van der Waals surface area contributed by atoms with Crippen LogP contribution in [0.3, 0.4) is 0 Å². The number of rotatable bonds is 6. The molecule has 0 amide bonds. The first-order chi connectivity index (χ1) is 10.1.